The van der Waals surface area contributed by atoms with Crippen LogP contribution in [0.2, 0.25) is 0 Å². The Balaban J connectivity index is 2.17. The number of halogens is 2. The van der Waals surface area contributed by atoms with Crippen LogP contribution in [0.3, 0.4) is 0 Å². The van der Waals surface area contributed by atoms with E-state index in [0.29, 0.717) is 5.75 Å². The van der Waals surface area contributed by atoms with Crippen molar-refractivity contribution in [3.63, 3.8) is 0 Å². The molecule has 2 rings (SSSR count). The zero-order valence-electron chi connectivity index (χ0n) is 16.2. The predicted molar refractivity (Wildman–Crippen MR) is 98.4 cm³/mol. The molecule has 2 aromatic carbocycles. The maximum Gasteiger partial charge on any atom is 0.387 e. The van der Waals surface area contributed by atoms with Crippen LogP contribution in [-0.4, -0.2) is 45.8 Å². The van der Waals surface area contributed by atoms with Crippen molar-refractivity contribution >= 4 is 11.8 Å². The molecule has 0 bridgehead atoms. The molecular weight excluding hydrogens is 390 g/mol. The Bertz CT molecular complexity index is 866. The summed E-state index contributed by atoms with van der Waals surface area (Å²) >= 11 is 0. The molecule has 29 heavy (non-hydrogen) atoms. The third kappa shape index (κ3) is 5.13. The van der Waals surface area contributed by atoms with E-state index >= 15 is 0 Å². The first-order valence-corrected chi connectivity index (χ1v) is 8.41. The molecule has 2 aromatic rings. The number of rotatable bonds is 9. The third-order valence-electron chi connectivity index (χ3n) is 3.94. The molecule has 0 spiro atoms. The fourth-order valence-corrected chi connectivity index (χ4v) is 2.57. The van der Waals surface area contributed by atoms with Crippen molar-refractivity contribution in [3.8, 4) is 23.0 Å². The number of hydrogen-bond donors (Lipinski definition) is 0. The van der Waals surface area contributed by atoms with E-state index in [2.05, 4.69) is 4.74 Å². The number of ether oxygens (including phenoxy) is 5. The van der Waals surface area contributed by atoms with Crippen LogP contribution in [-0.2, 0) is 4.74 Å². The number of ketones is 1. The lowest BCUT2D eigenvalue weighted by Gasteiger charge is -2.17. The lowest BCUT2D eigenvalue weighted by molar-refractivity contribution is -0.0498. The van der Waals surface area contributed by atoms with Gasteiger partial charge in [-0.05, 0) is 43.3 Å². The average molecular weight is 410 g/mol. The smallest absolute Gasteiger partial charge is 0.387 e. The van der Waals surface area contributed by atoms with Crippen molar-refractivity contribution < 1.29 is 42.1 Å². The molecule has 1 atom stereocenters. The summed E-state index contributed by atoms with van der Waals surface area (Å²) in [5, 5.41) is 0. The van der Waals surface area contributed by atoms with Crippen molar-refractivity contribution in [1.82, 2.24) is 0 Å². The summed E-state index contributed by atoms with van der Waals surface area (Å²) < 4.78 is 49.5. The topological polar surface area (TPSA) is 80.3 Å². The highest BCUT2D eigenvalue weighted by atomic mass is 19.3. The molecule has 0 amide bonds. The largest absolute Gasteiger partial charge is 0.493 e. The van der Waals surface area contributed by atoms with Gasteiger partial charge in [-0.15, -0.1) is 0 Å². The molecule has 0 N–H and O–H groups in total. The summed E-state index contributed by atoms with van der Waals surface area (Å²) in [5.41, 5.74) is 0.219. The van der Waals surface area contributed by atoms with E-state index in [-0.39, 0.29) is 28.4 Å². The Labute approximate surface area is 166 Å². The van der Waals surface area contributed by atoms with Gasteiger partial charge < -0.3 is 23.7 Å². The zero-order chi connectivity index (χ0) is 21.6. The van der Waals surface area contributed by atoms with Gasteiger partial charge in [0.15, 0.2) is 17.6 Å². The van der Waals surface area contributed by atoms with E-state index in [1.165, 1.54) is 64.7 Å². The average Bonchev–Trinajstić information content (AvgIpc) is 2.71. The highest BCUT2D eigenvalue weighted by Gasteiger charge is 2.26. The molecule has 0 fully saturated rings. The van der Waals surface area contributed by atoms with Crippen LogP contribution < -0.4 is 18.9 Å². The minimum Gasteiger partial charge on any atom is -0.493 e. The van der Waals surface area contributed by atoms with Crippen LogP contribution in [0.25, 0.3) is 0 Å². The summed E-state index contributed by atoms with van der Waals surface area (Å²) in [4.78, 5) is 25.0. The number of esters is 1. The van der Waals surface area contributed by atoms with Crippen LogP contribution in [0.1, 0.15) is 27.6 Å². The summed E-state index contributed by atoms with van der Waals surface area (Å²) in [6.07, 6.45) is -1.14. The molecule has 0 aromatic heterocycles. The van der Waals surface area contributed by atoms with E-state index in [0.717, 1.165) is 0 Å². The van der Waals surface area contributed by atoms with E-state index in [1.807, 2.05) is 0 Å². The lowest BCUT2D eigenvalue weighted by atomic mass is 10.1. The van der Waals surface area contributed by atoms with Gasteiger partial charge in [0.2, 0.25) is 11.5 Å². The predicted octanol–water partition coefficient (Wildman–Crippen LogP) is 3.74. The molecule has 9 heteroatoms. The molecule has 156 valence electrons. The molecule has 0 radical (unpaired) electrons. The molecule has 0 aliphatic rings. The van der Waals surface area contributed by atoms with Gasteiger partial charge >= 0.3 is 12.6 Å². The van der Waals surface area contributed by atoms with Crippen LogP contribution in [0, 0.1) is 0 Å². The Morgan fingerprint density at radius 1 is 0.862 bits per heavy atom. The van der Waals surface area contributed by atoms with Crippen molar-refractivity contribution in [2.24, 2.45) is 0 Å². The quantitative estimate of drug-likeness (QED) is 0.460. The van der Waals surface area contributed by atoms with E-state index in [1.54, 1.807) is 0 Å². The first-order valence-electron chi connectivity index (χ1n) is 8.41. The second-order valence-electron chi connectivity index (χ2n) is 5.70. The van der Waals surface area contributed by atoms with E-state index in [9.17, 15) is 18.4 Å². The minimum atomic E-state index is -2.96. The third-order valence-corrected chi connectivity index (χ3v) is 3.94. The molecular formula is C20H20F2O7. The maximum absolute atomic E-state index is 12.6. The zero-order valence-corrected chi connectivity index (χ0v) is 16.2. The summed E-state index contributed by atoms with van der Waals surface area (Å²) in [6.45, 7) is -1.57. The van der Waals surface area contributed by atoms with Crippen molar-refractivity contribution in [2.45, 2.75) is 19.6 Å². The van der Waals surface area contributed by atoms with Crippen LogP contribution in [0.4, 0.5) is 8.78 Å². The Kier molecular flexibility index (Phi) is 7.35. The first-order chi connectivity index (χ1) is 13.8. The SMILES string of the molecule is COc1ccc(C(=O)O[C@H](C)C(=O)c2ccc(OC(F)F)cc2)c(OC)c1OC. The van der Waals surface area contributed by atoms with Gasteiger partial charge in [-0.25, -0.2) is 4.79 Å². The number of Topliss-reactive ketones (excluding diaryl/α,β-unsaturated/α-hetero) is 1. The number of carbonyl (C=O) groups is 2. The molecule has 0 heterocycles. The van der Waals surface area contributed by atoms with Crippen LogP contribution in [0.5, 0.6) is 23.0 Å². The van der Waals surface area contributed by atoms with Gasteiger partial charge in [0, 0.05) is 5.56 Å². The van der Waals surface area contributed by atoms with Gasteiger partial charge in [-0.2, -0.15) is 8.78 Å². The number of alkyl halides is 2. The van der Waals surface area contributed by atoms with Gasteiger partial charge in [0.1, 0.15) is 11.3 Å². The fourth-order valence-electron chi connectivity index (χ4n) is 2.57. The number of methoxy groups -OCH3 is 3. The van der Waals surface area contributed by atoms with Crippen molar-refractivity contribution in [3.05, 3.63) is 47.5 Å². The normalized spacial score (nSPS) is 11.6. The van der Waals surface area contributed by atoms with Gasteiger partial charge in [-0.3, -0.25) is 4.79 Å². The highest BCUT2D eigenvalue weighted by molar-refractivity contribution is 6.02. The Hall–Kier alpha value is -3.36. The standard InChI is InChI=1S/C20H20F2O7/c1-11(16(23)12-5-7-13(8-6-12)29-20(21)22)28-19(24)14-9-10-15(25-2)18(27-4)17(14)26-3/h5-11,20H,1-4H3/t11-/m1/s1. The summed E-state index contributed by atoms with van der Waals surface area (Å²) in [7, 11) is 4.18. The number of hydrogen-bond acceptors (Lipinski definition) is 7. The second-order valence-corrected chi connectivity index (χ2v) is 5.70. The first kappa shape index (κ1) is 21.9. The summed E-state index contributed by atoms with van der Waals surface area (Å²) in [5.74, 6) is -0.738. The Morgan fingerprint density at radius 3 is 2.00 bits per heavy atom. The second kappa shape index (κ2) is 9.72. The monoisotopic (exact) mass is 410 g/mol. The minimum absolute atomic E-state index is 0.0467. The Morgan fingerprint density at radius 2 is 1.48 bits per heavy atom. The number of carbonyl (C=O) groups excluding carboxylic acids is 2. The molecule has 0 saturated carbocycles. The van der Waals surface area contributed by atoms with Gasteiger partial charge in [-0.1, -0.05) is 0 Å². The van der Waals surface area contributed by atoms with Crippen molar-refractivity contribution in [1.29, 1.82) is 0 Å². The molecule has 0 unspecified atom stereocenters. The van der Waals surface area contributed by atoms with Crippen molar-refractivity contribution in [2.75, 3.05) is 21.3 Å². The molecule has 0 aliphatic carbocycles. The van der Waals surface area contributed by atoms with Gasteiger partial charge in [0.05, 0.1) is 21.3 Å². The molecule has 0 saturated heterocycles. The molecule has 0 aliphatic heterocycles. The van der Waals surface area contributed by atoms with Gasteiger partial charge in [0.25, 0.3) is 0 Å². The van der Waals surface area contributed by atoms with E-state index < -0.39 is 24.5 Å². The maximum atomic E-state index is 12.6. The van der Waals surface area contributed by atoms with E-state index in [4.69, 9.17) is 18.9 Å². The number of benzene rings is 2. The highest BCUT2D eigenvalue weighted by Crippen LogP contribution is 2.40. The summed E-state index contributed by atoms with van der Waals surface area (Å²) in [6, 6.07) is 8.00. The van der Waals surface area contributed by atoms with Crippen LogP contribution in [0.15, 0.2) is 36.4 Å². The lowest BCUT2D eigenvalue weighted by Crippen LogP contribution is -2.24. The fraction of sp³-hybridized carbons (Fsp3) is 0.300. The molecule has 7 nitrogen and oxygen atoms in total. The van der Waals surface area contributed by atoms with Crippen LogP contribution >= 0.6 is 0 Å².